The molecule has 1 fully saturated rings. The molecule has 112 valence electrons. The summed E-state index contributed by atoms with van der Waals surface area (Å²) in [5.74, 6) is 0.987. The van der Waals surface area contributed by atoms with E-state index in [1.807, 2.05) is 0 Å². The van der Waals surface area contributed by atoms with Crippen molar-refractivity contribution in [2.75, 3.05) is 26.2 Å². The highest BCUT2D eigenvalue weighted by atomic mass is 32.1. The van der Waals surface area contributed by atoms with E-state index in [2.05, 4.69) is 46.0 Å². The maximum atomic E-state index is 5.86. The zero-order chi connectivity index (χ0) is 14.3. The first kappa shape index (κ1) is 14.6. The van der Waals surface area contributed by atoms with Crippen molar-refractivity contribution in [3.05, 3.63) is 52.2 Å². The molecule has 1 aromatic carbocycles. The molecular weight excluding hydrogens is 278 g/mol. The molecule has 3 rings (SSSR count). The minimum absolute atomic E-state index is 0.796. The number of piperidine rings is 1. The molecule has 1 aliphatic rings. The zero-order valence-corrected chi connectivity index (χ0v) is 13.3. The first-order chi connectivity index (χ1) is 10.4. The molecule has 0 spiro atoms. The molecule has 0 saturated carbocycles. The van der Waals surface area contributed by atoms with Gasteiger partial charge >= 0.3 is 0 Å². The maximum absolute atomic E-state index is 5.86. The van der Waals surface area contributed by atoms with Gasteiger partial charge in [0.15, 0.2) is 0 Å². The molecule has 0 N–H and O–H groups in total. The second kappa shape index (κ2) is 7.62. The van der Waals surface area contributed by atoms with Crippen molar-refractivity contribution in [1.82, 2.24) is 4.90 Å². The molecule has 0 aliphatic carbocycles. The third kappa shape index (κ3) is 4.58. The molecule has 2 nitrogen and oxygen atoms in total. The predicted molar refractivity (Wildman–Crippen MR) is 89.4 cm³/mol. The zero-order valence-electron chi connectivity index (χ0n) is 12.5. The molecule has 3 heteroatoms. The van der Waals surface area contributed by atoms with Crippen LogP contribution in [-0.4, -0.2) is 31.1 Å². The van der Waals surface area contributed by atoms with Crippen LogP contribution in [0.25, 0.3) is 0 Å². The highest BCUT2D eigenvalue weighted by Gasteiger charge is 2.09. The van der Waals surface area contributed by atoms with Crippen LogP contribution in [0.1, 0.15) is 30.4 Å². The summed E-state index contributed by atoms with van der Waals surface area (Å²) in [6, 6.07) is 10.7. The van der Waals surface area contributed by atoms with E-state index in [1.54, 1.807) is 11.3 Å². The van der Waals surface area contributed by atoms with Gasteiger partial charge < -0.3 is 4.74 Å². The smallest absolute Gasteiger partial charge is 0.119 e. The molecule has 1 aromatic heterocycles. The van der Waals surface area contributed by atoms with Crippen molar-refractivity contribution in [2.45, 2.75) is 25.7 Å². The van der Waals surface area contributed by atoms with E-state index in [0.717, 1.165) is 25.3 Å². The SMILES string of the molecule is c1cc(Cc2ccc(OCCN3CCCCC3)cc2)cs1. The van der Waals surface area contributed by atoms with Gasteiger partial charge in [0.05, 0.1) is 0 Å². The van der Waals surface area contributed by atoms with Gasteiger partial charge in [0.25, 0.3) is 0 Å². The normalized spacial score (nSPS) is 16.0. The fraction of sp³-hybridized carbons (Fsp3) is 0.444. The number of nitrogens with zero attached hydrogens (tertiary/aromatic N) is 1. The Morgan fingerprint density at radius 2 is 1.76 bits per heavy atom. The molecule has 0 radical (unpaired) electrons. The van der Waals surface area contributed by atoms with E-state index in [9.17, 15) is 0 Å². The van der Waals surface area contributed by atoms with Crippen LogP contribution in [0, 0.1) is 0 Å². The topological polar surface area (TPSA) is 12.5 Å². The average Bonchev–Trinajstić information content (AvgIpc) is 3.03. The van der Waals surface area contributed by atoms with Crippen molar-refractivity contribution >= 4 is 11.3 Å². The van der Waals surface area contributed by atoms with Crippen LogP contribution < -0.4 is 4.74 Å². The van der Waals surface area contributed by atoms with Crippen LogP contribution in [0.15, 0.2) is 41.1 Å². The number of thiophene rings is 1. The van der Waals surface area contributed by atoms with Crippen LogP contribution in [0.5, 0.6) is 5.75 Å². The largest absolute Gasteiger partial charge is 0.492 e. The second-order valence-electron chi connectivity index (χ2n) is 5.70. The summed E-state index contributed by atoms with van der Waals surface area (Å²) in [7, 11) is 0. The van der Waals surface area contributed by atoms with Gasteiger partial charge in [-0.3, -0.25) is 4.90 Å². The van der Waals surface area contributed by atoms with Crippen molar-refractivity contribution in [2.24, 2.45) is 0 Å². The summed E-state index contributed by atoms with van der Waals surface area (Å²) in [6.07, 6.45) is 5.09. The summed E-state index contributed by atoms with van der Waals surface area (Å²) < 4.78 is 5.86. The Hall–Kier alpha value is -1.32. The second-order valence-corrected chi connectivity index (χ2v) is 6.48. The highest BCUT2D eigenvalue weighted by molar-refractivity contribution is 7.07. The molecule has 1 saturated heterocycles. The lowest BCUT2D eigenvalue weighted by Crippen LogP contribution is -2.33. The highest BCUT2D eigenvalue weighted by Crippen LogP contribution is 2.17. The van der Waals surface area contributed by atoms with Crippen LogP contribution in [-0.2, 0) is 6.42 Å². The number of rotatable bonds is 6. The van der Waals surface area contributed by atoms with E-state index in [-0.39, 0.29) is 0 Å². The summed E-state index contributed by atoms with van der Waals surface area (Å²) in [5.41, 5.74) is 2.73. The number of ether oxygens (including phenoxy) is 1. The summed E-state index contributed by atoms with van der Waals surface area (Å²) in [4.78, 5) is 2.51. The Kier molecular flexibility index (Phi) is 5.30. The van der Waals surface area contributed by atoms with Crippen LogP contribution in [0.3, 0.4) is 0 Å². The van der Waals surface area contributed by atoms with E-state index in [0.29, 0.717) is 0 Å². The number of benzene rings is 1. The summed E-state index contributed by atoms with van der Waals surface area (Å²) in [6.45, 7) is 4.33. The van der Waals surface area contributed by atoms with E-state index in [1.165, 1.54) is 43.5 Å². The van der Waals surface area contributed by atoms with E-state index in [4.69, 9.17) is 4.74 Å². The van der Waals surface area contributed by atoms with Crippen LogP contribution >= 0.6 is 11.3 Å². The van der Waals surface area contributed by atoms with Gasteiger partial charge in [-0.2, -0.15) is 11.3 Å². The Labute approximate surface area is 131 Å². The minimum atomic E-state index is 0.796. The van der Waals surface area contributed by atoms with Crippen molar-refractivity contribution in [3.63, 3.8) is 0 Å². The lowest BCUT2D eigenvalue weighted by atomic mass is 10.1. The quantitative estimate of drug-likeness (QED) is 0.792. The van der Waals surface area contributed by atoms with Crippen LogP contribution in [0.2, 0.25) is 0 Å². The van der Waals surface area contributed by atoms with Crippen molar-refractivity contribution < 1.29 is 4.74 Å². The van der Waals surface area contributed by atoms with Gasteiger partial charge in [0.1, 0.15) is 12.4 Å². The van der Waals surface area contributed by atoms with Gasteiger partial charge in [0, 0.05) is 6.54 Å². The van der Waals surface area contributed by atoms with E-state index >= 15 is 0 Å². The Bertz CT molecular complexity index is 515. The Morgan fingerprint density at radius 1 is 0.952 bits per heavy atom. The molecule has 1 aliphatic heterocycles. The van der Waals surface area contributed by atoms with Crippen molar-refractivity contribution in [1.29, 1.82) is 0 Å². The fourth-order valence-corrected chi connectivity index (χ4v) is 3.48. The first-order valence-corrected chi connectivity index (χ1v) is 8.79. The number of hydrogen-bond acceptors (Lipinski definition) is 3. The third-order valence-corrected chi connectivity index (χ3v) is 4.77. The van der Waals surface area contributed by atoms with Gasteiger partial charge in [-0.25, -0.2) is 0 Å². The summed E-state index contributed by atoms with van der Waals surface area (Å²) >= 11 is 1.76. The molecule has 2 aromatic rings. The third-order valence-electron chi connectivity index (χ3n) is 4.04. The fourth-order valence-electron chi connectivity index (χ4n) is 2.81. The standard InChI is InChI=1S/C18H23NOS/c1-2-9-19(10-3-1)11-12-20-18-6-4-16(5-7-18)14-17-8-13-21-15-17/h4-8,13,15H,1-3,9-12,14H2. The molecule has 2 heterocycles. The van der Waals surface area contributed by atoms with Gasteiger partial charge in [-0.1, -0.05) is 18.6 Å². The first-order valence-electron chi connectivity index (χ1n) is 7.85. The number of hydrogen-bond donors (Lipinski definition) is 0. The molecule has 0 atom stereocenters. The molecule has 0 unspecified atom stereocenters. The van der Waals surface area contributed by atoms with E-state index < -0.39 is 0 Å². The molecule has 0 amide bonds. The minimum Gasteiger partial charge on any atom is -0.492 e. The average molecular weight is 301 g/mol. The van der Waals surface area contributed by atoms with Crippen molar-refractivity contribution in [3.8, 4) is 5.75 Å². The Balaban J connectivity index is 1.43. The Morgan fingerprint density at radius 3 is 2.48 bits per heavy atom. The lowest BCUT2D eigenvalue weighted by Gasteiger charge is -2.26. The molecule has 21 heavy (non-hydrogen) atoms. The molecule has 0 bridgehead atoms. The summed E-state index contributed by atoms with van der Waals surface area (Å²) in [5, 5.41) is 4.34. The van der Waals surface area contributed by atoms with Gasteiger partial charge in [-0.05, 0) is 72.4 Å². The van der Waals surface area contributed by atoms with Gasteiger partial charge in [-0.15, -0.1) is 0 Å². The maximum Gasteiger partial charge on any atom is 0.119 e. The molecular formula is C18H23NOS. The lowest BCUT2D eigenvalue weighted by molar-refractivity contribution is 0.183. The number of likely N-dealkylation sites (tertiary alicyclic amines) is 1. The van der Waals surface area contributed by atoms with Gasteiger partial charge in [0.2, 0.25) is 0 Å². The van der Waals surface area contributed by atoms with Crippen LogP contribution in [0.4, 0.5) is 0 Å². The monoisotopic (exact) mass is 301 g/mol. The predicted octanol–water partition coefficient (Wildman–Crippen LogP) is 4.20.